The Labute approximate surface area is 94.9 Å². The van der Waals surface area contributed by atoms with E-state index in [9.17, 15) is 0 Å². The van der Waals surface area contributed by atoms with Crippen LogP contribution in [0.5, 0.6) is 0 Å². The molecular formula is C9H6Cl2N2S. The fraction of sp³-hybridized carbons (Fsp3) is 0.333. The molecule has 0 amide bonds. The smallest absolute Gasteiger partial charge is 0.217 e. The minimum atomic E-state index is 0.239. The molecule has 1 aliphatic carbocycles. The predicted octanol–water partition coefficient (Wildman–Crippen LogP) is 3.88. The summed E-state index contributed by atoms with van der Waals surface area (Å²) in [4.78, 5) is 8.16. The van der Waals surface area contributed by atoms with Crippen molar-refractivity contribution < 1.29 is 0 Å². The molecule has 2 nitrogen and oxygen atoms in total. The van der Waals surface area contributed by atoms with Gasteiger partial charge in [-0.05, 0) is 41.3 Å². The molecule has 0 unspecified atom stereocenters. The number of nitrogens with zero attached hydrogens (tertiary/aromatic N) is 2. The van der Waals surface area contributed by atoms with Crippen LogP contribution in [0.1, 0.15) is 24.3 Å². The summed E-state index contributed by atoms with van der Waals surface area (Å²) in [6.45, 7) is 0. The SMILES string of the molecule is Clc1nc(Cl)c2scc(C3CC3)c2n1. The zero-order chi connectivity index (χ0) is 9.71. The molecule has 0 saturated heterocycles. The Balaban J connectivity index is 2.33. The van der Waals surface area contributed by atoms with Crippen LogP contribution >= 0.6 is 34.5 Å². The molecule has 1 saturated carbocycles. The average Bonchev–Trinajstić information content (AvgIpc) is 2.87. The van der Waals surface area contributed by atoms with E-state index in [4.69, 9.17) is 23.2 Å². The van der Waals surface area contributed by atoms with Crippen molar-refractivity contribution in [1.82, 2.24) is 9.97 Å². The van der Waals surface area contributed by atoms with Crippen LogP contribution in [0.3, 0.4) is 0 Å². The van der Waals surface area contributed by atoms with Crippen molar-refractivity contribution in [2.24, 2.45) is 0 Å². The highest BCUT2D eigenvalue weighted by Crippen LogP contribution is 2.45. The Hall–Kier alpha value is -0.380. The van der Waals surface area contributed by atoms with Gasteiger partial charge in [0.15, 0.2) is 5.15 Å². The van der Waals surface area contributed by atoms with E-state index < -0.39 is 0 Å². The van der Waals surface area contributed by atoms with E-state index in [1.807, 2.05) is 0 Å². The normalized spacial score (nSPS) is 16.4. The number of thiophene rings is 1. The number of aromatic nitrogens is 2. The van der Waals surface area contributed by atoms with Gasteiger partial charge in [-0.3, -0.25) is 0 Å². The van der Waals surface area contributed by atoms with Gasteiger partial charge in [-0.25, -0.2) is 9.97 Å². The Morgan fingerprint density at radius 1 is 1.29 bits per heavy atom. The second-order valence-electron chi connectivity index (χ2n) is 3.43. The molecule has 0 bridgehead atoms. The lowest BCUT2D eigenvalue weighted by atomic mass is 10.2. The van der Waals surface area contributed by atoms with Crippen molar-refractivity contribution >= 4 is 44.8 Å². The Morgan fingerprint density at radius 2 is 2.07 bits per heavy atom. The van der Waals surface area contributed by atoms with Crippen LogP contribution in [-0.4, -0.2) is 9.97 Å². The van der Waals surface area contributed by atoms with E-state index in [1.54, 1.807) is 11.3 Å². The monoisotopic (exact) mass is 244 g/mol. The maximum absolute atomic E-state index is 5.98. The van der Waals surface area contributed by atoms with E-state index >= 15 is 0 Å². The Bertz CT molecular complexity index is 505. The highest BCUT2D eigenvalue weighted by Gasteiger charge is 2.27. The number of fused-ring (bicyclic) bond motifs is 1. The van der Waals surface area contributed by atoms with E-state index in [1.165, 1.54) is 18.4 Å². The highest BCUT2D eigenvalue weighted by atomic mass is 35.5. The maximum Gasteiger partial charge on any atom is 0.224 e. The van der Waals surface area contributed by atoms with Gasteiger partial charge in [-0.15, -0.1) is 11.3 Å². The van der Waals surface area contributed by atoms with Crippen LogP contribution in [0, 0.1) is 0 Å². The van der Waals surface area contributed by atoms with Crippen LogP contribution in [0.15, 0.2) is 5.38 Å². The molecule has 2 aromatic heterocycles. The Morgan fingerprint density at radius 3 is 2.79 bits per heavy atom. The summed E-state index contributed by atoms with van der Waals surface area (Å²) in [7, 11) is 0. The van der Waals surface area contributed by atoms with Gasteiger partial charge >= 0.3 is 0 Å². The van der Waals surface area contributed by atoms with E-state index in [-0.39, 0.29) is 5.28 Å². The predicted molar refractivity (Wildman–Crippen MR) is 59.4 cm³/mol. The number of rotatable bonds is 1. The highest BCUT2D eigenvalue weighted by molar-refractivity contribution is 7.18. The van der Waals surface area contributed by atoms with Gasteiger partial charge in [0.05, 0.1) is 10.2 Å². The van der Waals surface area contributed by atoms with Gasteiger partial charge in [0.2, 0.25) is 5.28 Å². The summed E-state index contributed by atoms with van der Waals surface area (Å²) in [6.07, 6.45) is 2.51. The molecule has 0 aromatic carbocycles. The molecule has 3 rings (SSSR count). The second-order valence-corrected chi connectivity index (χ2v) is 5.00. The number of halogens is 2. The van der Waals surface area contributed by atoms with E-state index in [2.05, 4.69) is 15.3 Å². The van der Waals surface area contributed by atoms with Crippen molar-refractivity contribution in [3.63, 3.8) is 0 Å². The first-order valence-corrected chi connectivity index (χ1v) is 5.99. The van der Waals surface area contributed by atoms with Gasteiger partial charge in [0.25, 0.3) is 0 Å². The molecule has 0 spiro atoms. The van der Waals surface area contributed by atoms with Crippen molar-refractivity contribution in [1.29, 1.82) is 0 Å². The first-order chi connectivity index (χ1) is 6.75. The van der Waals surface area contributed by atoms with Crippen LogP contribution < -0.4 is 0 Å². The van der Waals surface area contributed by atoms with Crippen LogP contribution in [0.2, 0.25) is 10.4 Å². The molecule has 0 aliphatic heterocycles. The second kappa shape index (κ2) is 3.05. The van der Waals surface area contributed by atoms with Crippen molar-refractivity contribution in [2.45, 2.75) is 18.8 Å². The molecule has 0 radical (unpaired) electrons. The van der Waals surface area contributed by atoms with Crippen molar-refractivity contribution in [3.8, 4) is 0 Å². The summed E-state index contributed by atoms with van der Waals surface area (Å²) in [5.74, 6) is 0.672. The number of hydrogen-bond donors (Lipinski definition) is 0. The minimum Gasteiger partial charge on any atom is -0.217 e. The zero-order valence-corrected chi connectivity index (χ0v) is 9.46. The molecular weight excluding hydrogens is 239 g/mol. The first kappa shape index (κ1) is 8.89. The quantitative estimate of drug-likeness (QED) is 0.562. The van der Waals surface area contributed by atoms with Crippen molar-refractivity contribution in [3.05, 3.63) is 21.4 Å². The largest absolute Gasteiger partial charge is 0.224 e. The molecule has 14 heavy (non-hydrogen) atoms. The lowest BCUT2D eigenvalue weighted by Crippen LogP contribution is -1.85. The van der Waals surface area contributed by atoms with E-state index in [0.717, 1.165) is 10.2 Å². The van der Waals surface area contributed by atoms with Gasteiger partial charge in [-0.2, -0.15) is 0 Å². The molecule has 1 aliphatic rings. The summed E-state index contributed by atoms with van der Waals surface area (Å²) in [5, 5.41) is 2.83. The number of hydrogen-bond acceptors (Lipinski definition) is 3. The zero-order valence-electron chi connectivity index (χ0n) is 7.13. The molecule has 0 N–H and O–H groups in total. The third kappa shape index (κ3) is 1.31. The Kier molecular flexibility index (Phi) is 1.94. The molecule has 2 aromatic rings. The lowest BCUT2D eigenvalue weighted by molar-refractivity contribution is 1.13. The maximum atomic E-state index is 5.98. The summed E-state index contributed by atoms with van der Waals surface area (Å²) in [6, 6.07) is 0. The third-order valence-electron chi connectivity index (χ3n) is 2.39. The standard InChI is InChI=1S/C9H6Cl2N2S/c10-8-7-6(12-9(11)13-8)5(3-14-7)4-1-2-4/h3-4H,1-2H2. The van der Waals surface area contributed by atoms with E-state index in [0.29, 0.717) is 11.1 Å². The fourth-order valence-corrected chi connectivity index (χ4v) is 3.04. The van der Waals surface area contributed by atoms with Gasteiger partial charge in [0, 0.05) is 0 Å². The molecule has 2 heterocycles. The lowest BCUT2D eigenvalue weighted by Gasteiger charge is -1.96. The summed E-state index contributed by atoms with van der Waals surface area (Å²) < 4.78 is 0.956. The molecule has 1 fully saturated rings. The molecule has 72 valence electrons. The van der Waals surface area contributed by atoms with Gasteiger partial charge < -0.3 is 0 Å². The first-order valence-electron chi connectivity index (χ1n) is 4.36. The topological polar surface area (TPSA) is 25.8 Å². The average molecular weight is 245 g/mol. The molecule has 5 heteroatoms. The van der Waals surface area contributed by atoms with Gasteiger partial charge in [-0.1, -0.05) is 11.6 Å². The summed E-state index contributed by atoms with van der Waals surface area (Å²) >= 11 is 13.4. The molecule has 0 atom stereocenters. The minimum absolute atomic E-state index is 0.239. The third-order valence-corrected chi connectivity index (χ3v) is 3.94. The fourth-order valence-electron chi connectivity index (χ4n) is 1.56. The van der Waals surface area contributed by atoms with Crippen LogP contribution in [-0.2, 0) is 0 Å². The van der Waals surface area contributed by atoms with Crippen LogP contribution in [0.25, 0.3) is 10.2 Å². The van der Waals surface area contributed by atoms with Crippen molar-refractivity contribution in [2.75, 3.05) is 0 Å². The van der Waals surface area contributed by atoms with Crippen LogP contribution in [0.4, 0.5) is 0 Å². The summed E-state index contributed by atoms with van der Waals surface area (Å²) in [5.41, 5.74) is 2.23. The van der Waals surface area contributed by atoms with Gasteiger partial charge in [0.1, 0.15) is 0 Å².